The molecule has 0 N–H and O–H groups in total. The van der Waals surface area contributed by atoms with E-state index >= 15 is 0 Å². The van der Waals surface area contributed by atoms with Crippen molar-refractivity contribution in [3.8, 4) is 0 Å². The van der Waals surface area contributed by atoms with Crippen molar-refractivity contribution >= 4 is 11.7 Å². The third-order valence-corrected chi connectivity index (χ3v) is 3.99. The fraction of sp³-hybridized carbons (Fsp3) is 0.529. The first kappa shape index (κ1) is 14.8. The summed E-state index contributed by atoms with van der Waals surface area (Å²) in [6.07, 6.45) is 5.59. The zero-order valence-corrected chi connectivity index (χ0v) is 12.3. The van der Waals surface area contributed by atoms with Crippen LogP contribution in [0.2, 0.25) is 0 Å². The SMILES string of the molecule is CC(C)N(C(=O)C(=O)c1ccccc1)C1CCCCC1. The van der Waals surface area contributed by atoms with Crippen LogP contribution in [0.3, 0.4) is 0 Å². The molecule has 108 valence electrons. The second-order valence-corrected chi connectivity index (χ2v) is 5.79. The summed E-state index contributed by atoms with van der Waals surface area (Å²) < 4.78 is 0. The summed E-state index contributed by atoms with van der Waals surface area (Å²) in [4.78, 5) is 26.7. The number of hydrogen-bond donors (Lipinski definition) is 0. The van der Waals surface area contributed by atoms with Crippen LogP contribution in [0.1, 0.15) is 56.3 Å². The van der Waals surface area contributed by atoms with Crippen LogP contribution in [-0.2, 0) is 4.79 Å². The molecule has 1 aliphatic carbocycles. The highest BCUT2D eigenvalue weighted by Crippen LogP contribution is 2.25. The predicted octanol–water partition coefficient (Wildman–Crippen LogP) is 3.44. The molecule has 0 spiro atoms. The second-order valence-electron chi connectivity index (χ2n) is 5.79. The molecule has 1 aromatic carbocycles. The fourth-order valence-electron chi connectivity index (χ4n) is 3.01. The molecule has 0 radical (unpaired) electrons. The molecule has 0 saturated heterocycles. The first-order chi connectivity index (χ1) is 9.61. The Morgan fingerprint density at radius 3 is 2.20 bits per heavy atom. The Bertz CT molecular complexity index is 461. The summed E-state index contributed by atoms with van der Waals surface area (Å²) in [7, 11) is 0. The number of amides is 1. The molecule has 0 heterocycles. The van der Waals surface area contributed by atoms with E-state index in [4.69, 9.17) is 0 Å². The topological polar surface area (TPSA) is 37.4 Å². The van der Waals surface area contributed by atoms with Gasteiger partial charge in [-0.3, -0.25) is 9.59 Å². The first-order valence-corrected chi connectivity index (χ1v) is 7.53. The minimum Gasteiger partial charge on any atom is -0.330 e. The molecule has 1 aliphatic rings. The highest BCUT2D eigenvalue weighted by Gasteiger charge is 2.31. The molecule has 0 unspecified atom stereocenters. The van der Waals surface area contributed by atoms with E-state index in [9.17, 15) is 9.59 Å². The van der Waals surface area contributed by atoms with Gasteiger partial charge in [-0.15, -0.1) is 0 Å². The number of benzene rings is 1. The Kier molecular flexibility index (Phi) is 4.94. The van der Waals surface area contributed by atoms with Crippen LogP contribution in [0.15, 0.2) is 30.3 Å². The number of Topliss-reactive ketones (excluding diaryl/α,β-unsaturated/α-hetero) is 1. The van der Waals surface area contributed by atoms with Gasteiger partial charge in [0.15, 0.2) is 0 Å². The average molecular weight is 273 g/mol. The van der Waals surface area contributed by atoms with E-state index in [0.29, 0.717) is 5.56 Å². The van der Waals surface area contributed by atoms with Crippen molar-refractivity contribution in [2.45, 2.75) is 58.0 Å². The summed E-state index contributed by atoms with van der Waals surface area (Å²) >= 11 is 0. The normalized spacial score (nSPS) is 16.1. The number of nitrogens with zero attached hydrogens (tertiary/aromatic N) is 1. The van der Waals surface area contributed by atoms with E-state index < -0.39 is 0 Å². The van der Waals surface area contributed by atoms with Crippen LogP contribution in [0, 0.1) is 0 Å². The predicted molar refractivity (Wildman–Crippen MR) is 79.6 cm³/mol. The van der Waals surface area contributed by atoms with Gasteiger partial charge < -0.3 is 4.90 Å². The standard InChI is InChI=1S/C17H23NO2/c1-13(2)18(15-11-7-4-8-12-15)17(20)16(19)14-9-5-3-6-10-14/h3,5-6,9-10,13,15H,4,7-8,11-12H2,1-2H3. The van der Waals surface area contributed by atoms with Crippen molar-refractivity contribution in [3.05, 3.63) is 35.9 Å². The maximum atomic E-state index is 12.6. The van der Waals surface area contributed by atoms with Gasteiger partial charge in [0.1, 0.15) is 0 Å². The fourth-order valence-corrected chi connectivity index (χ4v) is 3.01. The third-order valence-electron chi connectivity index (χ3n) is 3.99. The van der Waals surface area contributed by atoms with Gasteiger partial charge in [-0.25, -0.2) is 0 Å². The molecule has 1 saturated carbocycles. The Balaban J connectivity index is 2.16. The Morgan fingerprint density at radius 1 is 1.05 bits per heavy atom. The average Bonchev–Trinajstić information content (AvgIpc) is 2.48. The van der Waals surface area contributed by atoms with Crippen LogP contribution >= 0.6 is 0 Å². The van der Waals surface area contributed by atoms with Crippen molar-refractivity contribution in [1.29, 1.82) is 0 Å². The zero-order chi connectivity index (χ0) is 14.5. The van der Waals surface area contributed by atoms with Crippen molar-refractivity contribution in [1.82, 2.24) is 4.90 Å². The minimum absolute atomic E-state index is 0.0678. The molecule has 0 bridgehead atoms. The quantitative estimate of drug-likeness (QED) is 0.622. The number of ketones is 1. The van der Waals surface area contributed by atoms with Crippen LogP contribution in [0.4, 0.5) is 0 Å². The summed E-state index contributed by atoms with van der Waals surface area (Å²) in [6.45, 7) is 3.98. The van der Waals surface area contributed by atoms with E-state index in [1.165, 1.54) is 6.42 Å². The molecule has 1 fully saturated rings. The van der Waals surface area contributed by atoms with Gasteiger partial charge in [-0.2, -0.15) is 0 Å². The number of rotatable bonds is 4. The number of hydrogen-bond acceptors (Lipinski definition) is 2. The molecular weight excluding hydrogens is 250 g/mol. The lowest BCUT2D eigenvalue weighted by molar-refractivity contribution is -0.131. The highest BCUT2D eigenvalue weighted by atomic mass is 16.2. The van der Waals surface area contributed by atoms with Gasteiger partial charge in [0.05, 0.1) is 0 Å². The van der Waals surface area contributed by atoms with E-state index in [0.717, 1.165) is 25.7 Å². The smallest absolute Gasteiger partial charge is 0.295 e. The Hall–Kier alpha value is -1.64. The maximum Gasteiger partial charge on any atom is 0.295 e. The maximum absolute atomic E-state index is 12.6. The van der Waals surface area contributed by atoms with Crippen molar-refractivity contribution in [2.75, 3.05) is 0 Å². The summed E-state index contributed by atoms with van der Waals surface area (Å²) in [6, 6.07) is 9.14. The molecule has 1 amide bonds. The molecule has 2 rings (SSSR count). The van der Waals surface area contributed by atoms with Gasteiger partial charge in [0, 0.05) is 17.6 Å². The van der Waals surface area contributed by atoms with E-state index in [-0.39, 0.29) is 23.8 Å². The van der Waals surface area contributed by atoms with Gasteiger partial charge in [-0.05, 0) is 26.7 Å². The van der Waals surface area contributed by atoms with Crippen molar-refractivity contribution in [3.63, 3.8) is 0 Å². The van der Waals surface area contributed by atoms with Crippen LogP contribution in [-0.4, -0.2) is 28.7 Å². The minimum atomic E-state index is -0.384. The summed E-state index contributed by atoms with van der Waals surface area (Å²) in [5.74, 6) is -0.733. The molecule has 1 aromatic rings. The van der Waals surface area contributed by atoms with E-state index in [1.807, 2.05) is 19.9 Å². The van der Waals surface area contributed by atoms with Gasteiger partial charge in [-0.1, -0.05) is 49.6 Å². The molecule has 0 aliphatic heterocycles. The number of carbonyl (C=O) groups is 2. The van der Waals surface area contributed by atoms with Crippen LogP contribution < -0.4 is 0 Å². The summed E-state index contributed by atoms with van der Waals surface area (Å²) in [5, 5.41) is 0. The molecule has 3 heteroatoms. The monoisotopic (exact) mass is 273 g/mol. The Labute approximate surface area is 121 Å². The van der Waals surface area contributed by atoms with Gasteiger partial charge in [0.25, 0.3) is 5.91 Å². The third kappa shape index (κ3) is 3.27. The lowest BCUT2D eigenvalue weighted by Crippen LogP contribution is -2.48. The molecular formula is C17H23NO2. The van der Waals surface area contributed by atoms with Gasteiger partial charge >= 0.3 is 0 Å². The Morgan fingerprint density at radius 2 is 1.65 bits per heavy atom. The molecule has 20 heavy (non-hydrogen) atoms. The van der Waals surface area contributed by atoms with Crippen molar-refractivity contribution < 1.29 is 9.59 Å². The van der Waals surface area contributed by atoms with E-state index in [2.05, 4.69) is 0 Å². The number of carbonyl (C=O) groups excluding carboxylic acids is 2. The van der Waals surface area contributed by atoms with Crippen LogP contribution in [0.5, 0.6) is 0 Å². The largest absolute Gasteiger partial charge is 0.330 e. The zero-order valence-electron chi connectivity index (χ0n) is 12.3. The van der Waals surface area contributed by atoms with Crippen LogP contribution in [0.25, 0.3) is 0 Å². The summed E-state index contributed by atoms with van der Waals surface area (Å²) in [5.41, 5.74) is 0.485. The molecule has 0 aromatic heterocycles. The molecule has 0 atom stereocenters. The molecule has 3 nitrogen and oxygen atoms in total. The van der Waals surface area contributed by atoms with Crippen molar-refractivity contribution in [2.24, 2.45) is 0 Å². The lowest BCUT2D eigenvalue weighted by atomic mass is 9.92. The second kappa shape index (κ2) is 6.69. The highest BCUT2D eigenvalue weighted by molar-refractivity contribution is 6.42. The van der Waals surface area contributed by atoms with Gasteiger partial charge in [0.2, 0.25) is 5.78 Å². The first-order valence-electron chi connectivity index (χ1n) is 7.53. The van der Waals surface area contributed by atoms with E-state index in [1.54, 1.807) is 29.2 Å². The lowest BCUT2D eigenvalue weighted by Gasteiger charge is -2.36.